The molecule has 0 saturated carbocycles. The first kappa shape index (κ1) is 16.0. The molecule has 1 atom stereocenters. The van der Waals surface area contributed by atoms with E-state index < -0.39 is 6.10 Å². The van der Waals surface area contributed by atoms with Crippen LogP contribution in [0.1, 0.15) is 43.2 Å². The first-order chi connectivity index (χ1) is 11.1. The lowest BCUT2D eigenvalue weighted by atomic mass is 10.1. The van der Waals surface area contributed by atoms with Crippen molar-refractivity contribution in [1.29, 1.82) is 0 Å². The molecule has 1 fully saturated rings. The molecule has 1 aromatic heterocycles. The van der Waals surface area contributed by atoms with Gasteiger partial charge in [-0.25, -0.2) is 0 Å². The molecule has 0 spiro atoms. The number of nitrogens with one attached hydrogen (secondary N) is 1. The monoisotopic (exact) mass is 335 g/mol. The quantitative estimate of drug-likeness (QED) is 0.832. The van der Waals surface area contributed by atoms with E-state index >= 15 is 0 Å². The molecular weight excluding hydrogens is 318 g/mol. The topological polar surface area (TPSA) is 68.5 Å². The Kier molecular flexibility index (Phi) is 4.68. The number of ketones is 1. The lowest BCUT2D eigenvalue weighted by Gasteiger charge is -2.10. The van der Waals surface area contributed by atoms with Crippen LogP contribution in [0.5, 0.6) is 0 Å². The zero-order valence-corrected chi connectivity index (χ0v) is 13.6. The van der Waals surface area contributed by atoms with Crippen LogP contribution in [-0.4, -0.2) is 24.4 Å². The number of furan rings is 1. The number of fused-ring (bicyclic) bond motifs is 1. The van der Waals surface area contributed by atoms with Crippen molar-refractivity contribution in [2.75, 3.05) is 11.9 Å². The molecule has 3 rings (SSSR count). The fourth-order valence-corrected chi connectivity index (χ4v) is 2.89. The highest BCUT2D eigenvalue weighted by Crippen LogP contribution is 2.34. The maximum atomic E-state index is 12.4. The molecule has 1 amide bonds. The number of anilines is 1. The van der Waals surface area contributed by atoms with Crippen molar-refractivity contribution >= 4 is 39.9 Å². The van der Waals surface area contributed by atoms with Crippen molar-refractivity contribution in [3.63, 3.8) is 0 Å². The molecule has 0 aliphatic carbocycles. The van der Waals surface area contributed by atoms with Crippen LogP contribution in [0.2, 0.25) is 5.02 Å². The van der Waals surface area contributed by atoms with Crippen LogP contribution in [0, 0.1) is 0 Å². The third kappa shape index (κ3) is 3.26. The summed E-state index contributed by atoms with van der Waals surface area (Å²) in [7, 11) is 0. The molecule has 122 valence electrons. The molecule has 0 radical (unpaired) electrons. The van der Waals surface area contributed by atoms with Gasteiger partial charge < -0.3 is 14.5 Å². The molecule has 1 saturated heterocycles. The Bertz CT molecular complexity index is 746. The molecule has 0 bridgehead atoms. The molecule has 1 aliphatic rings. The number of ether oxygens (including phenoxy) is 1. The maximum Gasteiger partial charge on any atom is 0.253 e. The molecule has 1 N–H and O–H groups in total. The number of carbonyl (C=O) groups is 2. The summed E-state index contributed by atoms with van der Waals surface area (Å²) in [5.74, 6) is -0.214. The molecular formula is C17H18ClNO4. The van der Waals surface area contributed by atoms with Crippen molar-refractivity contribution in [3.05, 3.63) is 29.0 Å². The van der Waals surface area contributed by atoms with Crippen LogP contribution < -0.4 is 5.32 Å². The van der Waals surface area contributed by atoms with Gasteiger partial charge in [-0.3, -0.25) is 9.59 Å². The Hall–Kier alpha value is -1.85. The van der Waals surface area contributed by atoms with Crippen molar-refractivity contribution < 1.29 is 18.7 Å². The third-order valence-electron chi connectivity index (χ3n) is 3.85. The Labute approximate surface area is 138 Å². The number of rotatable bonds is 5. The minimum atomic E-state index is -0.478. The van der Waals surface area contributed by atoms with Gasteiger partial charge in [-0.15, -0.1) is 0 Å². The van der Waals surface area contributed by atoms with Crippen molar-refractivity contribution in [2.24, 2.45) is 0 Å². The van der Waals surface area contributed by atoms with E-state index in [4.69, 9.17) is 20.8 Å². The van der Waals surface area contributed by atoms with E-state index in [1.54, 1.807) is 18.2 Å². The largest absolute Gasteiger partial charge is 0.451 e. The Balaban J connectivity index is 2.00. The molecule has 1 unspecified atom stereocenters. The van der Waals surface area contributed by atoms with Gasteiger partial charge in [-0.05, 0) is 37.5 Å². The molecule has 1 aromatic carbocycles. The van der Waals surface area contributed by atoms with Gasteiger partial charge >= 0.3 is 0 Å². The second-order valence-electron chi connectivity index (χ2n) is 5.61. The van der Waals surface area contributed by atoms with E-state index in [0.29, 0.717) is 47.5 Å². The number of halogens is 1. The smallest absolute Gasteiger partial charge is 0.253 e. The average Bonchev–Trinajstić information content (AvgIpc) is 3.16. The Morgan fingerprint density at radius 3 is 2.91 bits per heavy atom. The van der Waals surface area contributed by atoms with Gasteiger partial charge in [0, 0.05) is 23.4 Å². The van der Waals surface area contributed by atoms with Crippen LogP contribution in [0.3, 0.4) is 0 Å². The zero-order chi connectivity index (χ0) is 16.4. The second-order valence-corrected chi connectivity index (χ2v) is 6.05. The lowest BCUT2D eigenvalue weighted by molar-refractivity contribution is -0.124. The van der Waals surface area contributed by atoms with E-state index in [2.05, 4.69) is 5.32 Å². The fourth-order valence-electron chi connectivity index (χ4n) is 2.72. The summed E-state index contributed by atoms with van der Waals surface area (Å²) < 4.78 is 11.1. The summed E-state index contributed by atoms with van der Waals surface area (Å²) in [4.78, 5) is 24.7. The van der Waals surface area contributed by atoms with Gasteiger partial charge in [0.25, 0.3) is 5.91 Å². The highest BCUT2D eigenvalue weighted by Gasteiger charge is 2.27. The number of amides is 1. The molecule has 1 aliphatic heterocycles. The number of Topliss-reactive ketones (excluding diaryl/α,β-unsaturated/α-hetero) is 1. The standard InChI is InChI=1S/C17H18ClNO4/c1-2-4-12(20)16-15(19-17(21)14-5-3-8-22-14)11-9-10(18)6-7-13(11)23-16/h6-7,9,14H,2-5,8H2,1H3,(H,19,21). The highest BCUT2D eigenvalue weighted by molar-refractivity contribution is 6.31. The van der Waals surface area contributed by atoms with Gasteiger partial charge in [0.1, 0.15) is 11.7 Å². The number of hydrogen-bond acceptors (Lipinski definition) is 4. The SMILES string of the molecule is CCCC(=O)c1oc2ccc(Cl)cc2c1NC(=O)C1CCCO1. The van der Waals surface area contributed by atoms with Gasteiger partial charge in [0.15, 0.2) is 11.5 Å². The second kappa shape index (κ2) is 6.72. The molecule has 6 heteroatoms. The van der Waals surface area contributed by atoms with Crippen LogP contribution in [0.4, 0.5) is 5.69 Å². The van der Waals surface area contributed by atoms with Crippen LogP contribution in [0.25, 0.3) is 11.0 Å². The van der Waals surface area contributed by atoms with Crippen molar-refractivity contribution in [3.8, 4) is 0 Å². The van der Waals surface area contributed by atoms with Gasteiger partial charge in [-0.1, -0.05) is 18.5 Å². The number of benzene rings is 1. The minimum absolute atomic E-state index is 0.137. The predicted molar refractivity (Wildman–Crippen MR) is 88.1 cm³/mol. The third-order valence-corrected chi connectivity index (χ3v) is 4.09. The van der Waals surface area contributed by atoms with Gasteiger partial charge in [-0.2, -0.15) is 0 Å². The normalized spacial score (nSPS) is 17.6. The summed E-state index contributed by atoms with van der Waals surface area (Å²) in [6, 6.07) is 5.07. The van der Waals surface area contributed by atoms with Gasteiger partial charge in [0.05, 0.1) is 5.69 Å². The van der Waals surface area contributed by atoms with E-state index in [-0.39, 0.29) is 17.5 Å². The van der Waals surface area contributed by atoms with E-state index in [0.717, 1.165) is 6.42 Å². The summed E-state index contributed by atoms with van der Waals surface area (Å²) >= 11 is 6.04. The molecule has 5 nitrogen and oxygen atoms in total. The van der Waals surface area contributed by atoms with E-state index in [1.165, 1.54) is 0 Å². The summed E-state index contributed by atoms with van der Waals surface area (Å²) in [6.07, 6.45) is 2.12. The van der Waals surface area contributed by atoms with Crippen LogP contribution >= 0.6 is 11.6 Å². The van der Waals surface area contributed by atoms with E-state index in [1.807, 2.05) is 6.92 Å². The van der Waals surface area contributed by atoms with Gasteiger partial charge in [0.2, 0.25) is 0 Å². The number of carbonyl (C=O) groups excluding carboxylic acids is 2. The van der Waals surface area contributed by atoms with E-state index in [9.17, 15) is 9.59 Å². The maximum absolute atomic E-state index is 12.4. The predicted octanol–water partition coefficient (Wildman–Crippen LogP) is 4.19. The van der Waals surface area contributed by atoms with Crippen molar-refractivity contribution in [1.82, 2.24) is 0 Å². The van der Waals surface area contributed by atoms with Crippen LogP contribution in [-0.2, 0) is 9.53 Å². The highest BCUT2D eigenvalue weighted by atomic mass is 35.5. The zero-order valence-electron chi connectivity index (χ0n) is 12.9. The molecule has 2 heterocycles. The first-order valence-electron chi connectivity index (χ1n) is 7.78. The Morgan fingerprint density at radius 1 is 1.39 bits per heavy atom. The first-order valence-corrected chi connectivity index (χ1v) is 8.15. The summed E-state index contributed by atoms with van der Waals surface area (Å²) in [5, 5.41) is 3.95. The fraction of sp³-hybridized carbons (Fsp3) is 0.412. The van der Waals surface area contributed by atoms with Crippen molar-refractivity contribution in [2.45, 2.75) is 38.7 Å². The molecule has 23 heavy (non-hydrogen) atoms. The summed E-state index contributed by atoms with van der Waals surface area (Å²) in [6.45, 7) is 2.50. The Morgan fingerprint density at radius 2 is 2.22 bits per heavy atom. The van der Waals surface area contributed by atoms with Crippen LogP contribution in [0.15, 0.2) is 22.6 Å². The number of hydrogen-bond donors (Lipinski definition) is 1. The average molecular weight is 336 g/mol. The summed E-state index contributed by atoms with van der Waals surface area (Å²) in [5.41, 5.74) is 0.915. The molecule has 2 aromatic rings. The minimum Gasteiger partial charge on any atom is -0.451 e. The lowest BCUT2D eigenvalue weighted by Crippen LogP contribution is -2.27.